The van der Waals surface area contributed by atoms with Crippen LogP contribution in [0, 0.1) is 0 Å². The van der Waals surface area contributed by atoms with E-state index in [1.54, 1.807) is 23.1 Å². The first-order valence-corrected chi connectivity index (χ1v) is 9.92. The fraction of sp³-hybridized carbons (Fsp3) is 0.263. The molecule has 2 aromatic carbocycles. The summed E-state index contributed by atoms with van der Waals surface area (Å²) in [6, 6.07) is 18.0. The summed E-state index contributed by atoms with van der Waals surface area (Å²) in [6.45, 7) is 1.44. The molecule has 0 fully saturated rings. The number of nitrogens with zero attached hydrogens (tertiary/aromatic N) is 3. The van der Waals surface area contributed by atoms with Crippen LogP contribution in [0.25, 0.3) is 10.2 Å². The van der Waals surface area contributed by atoms with E-state index in [4.69, 9.17) is 0 Å². The van der Waals surface area contributed by atoms with Gasteiger partial charge in [0.05, 0.1) is 16.0 Å². The van der Waals surface area contributed by atoms with Crippen molar-refractivity contribution in [1.82, 2.24) is 9.88 Å². The number of rotatable bonds is 7. The van der Waals surface area contributed by atoms with E-state index in [-0.39, 0.29) is 18.3 Å². The van der Waals surface area contributed by atoms with Crippen molar-refractivity contribution in [3.05, 3.63) is 54.6 Å². The van der Waals surface area contributed by atoms with E-state index >= 15 is 0 Å². The number of thiazole rings is 1. The molecule has 0 aliphatic rings. The smallest absolute Gasteiger partial charge is 0.239 e. The maximum Gasteiger partial charge on any atom is 0.239 e. The Morgan fingerprint density at radius 3 is 2.42 bits per heavy atom. The Morgan fingerprint density at radius 2 is 1.73 bits per heavy atom. The van der Waals surface area contributed by atoms with Gasteiger partial charge in [-0.05, 0) is 38.4 Å². The van der Waals surface area contributed by atoms with Crippen LogP contribution in [0.15, 0.2) is 59.5 Å². The predicted molar refractivity (Wildman–Crippen MR) is 115 cm³/mol. The fourth-order valence-electron chi connectivity index (χ4n) is 2.34. The van der Waals surface area contributed by atoms with Crippen molar-refractivity contribution in [3.63, 3.8) is 0 Å². The molecule has 0 radical (unpaired) electrons. The molecule has 0 bridgehead atoms. The van der Waals surface area contributed by atoms with Gasteiger partial charge in [0.25, 0.3) is 0 Å². The largest absolute Gasteiger partial charge is 0.308 e. The van der Waals surface area contributed by atoms with Crippen LogP contribution < -0.4 is 4.90 Å². The SMILES string of the molecule is CN(C)CCN(C(=O)CSc1ccccc1)c1nc2ccccc2s1.Cl. The molecule has 4 nitrogen and oxygen atoms in total. The number of hydrogen-bond donors (Lipinski definition) is 0. The first-order chi connectivity index (χ1) is 12.1. The summed E-state index contributed by atoms with van der Waals surface area (Å²) in [6.07, 6.45) is 0. The second kappa shape index (κ2) is 9.92. The molecule has 7 heteroatoms. The third kappa shape index (κ3) is 5.45. The molecule has 0 saturated carbocycles. The molecule has 138 valence electrons. The van der Waals surface area contributed by atoms with Crippen molar-refractivity contribution in [2.24, 2.45) is 0 Å². The van der Waals surface area contributed by atoms with Gasteiger partial charge < -0.3 is 4.90 Å². The summed E-state index contributed by atoms with van der Waals surface area (Å²) >= 11 is 3.14. The highest BCUT2D eigenvalue weighted by Crippen LogP contribution is 2.29. The minimum absolute atomic E-state index is 0. The number of benzene rings is 2. The van der Waals surface area contributed by atoms with Gasteiger partial charge in [-0.1, -0.05) is 41.7 Å². The van der Waals surface area contributed by atoms with E-state index in [2.05, 4.69) is 9.88 Å². The van der Waals surface area contributed by atoms with E-state index in [1.165, 1.54) is 0 Å². The van der Waals surface area contributed by atoms with Gasteiger partial charge in [0.1, 0.15) is 0 Å². The maximum atomic E-state index is 12.9. The standard InChI is InChI=1S/C19H21N3OS2.ClH/c1-21(2)12-13-22(18(23)14-24-15-8-4-3-5-9-15)19-20-16-10-6-7-11-17(16)25-19;/h3-11H,12-14H2,1-2H3;1H. The van der Waals surface area contributed by atoms with Crippen LogP contribution in [0.2, 0.25) is 0 Å². The van der Waals surface area contributed by atoms with E-state index in [0.29, 0.717) is 12.3 Å². The van der Waals surface area contributed by atoms with Crippen molar-refractivity contribution in [2.75, 3.05) is 37.8 Å². The average Bonchev–Trinajstić information content (AvgIpc) is 3.04. The van der Waals surface area contributed by atoms with Crippen LogP contribution in [0.1, 0.15) is 0 Å². The molecule has 0 saturated heterocycles. The normalized spacial score (nSPS) is 10.7. The lowest BCUT2D eigenvalue weighted by atomic mass is 10.3. The van der Waals surface area contributed by atoms with Gasteiger partial charge in [-0.3, -0.25) is 9.69 Å². The van der Waals surface area contributed by atoms with Gasteiger partial charge in [-0.2, -0.15) is 0 Å². The summed E-state index contributed by atoms with van der Waals surface area (Å²) in [7, 11) is 4.03. The van der Waals surface area contributed by atoms with Crippen LogP contribution in [-0.4, -0.2) is 48.7 Å². The maximum absolute atomic E-state index is 12.9. The molecule has 0 atom stereocenters. The molecule has 26 heavy (non-hydrogen) atoms. The first kappa shape index (κ1) is 20.7. The summed E-state index contributed by atoms with van der Waals surface area (Å²) in [5.74, 6) is 0.502. The molecule has 0 unspecified atom stereocenters. The zero-order valence-electron chi connectivity index (χ0n) is 14.8. The van der Waals surface area contributed by atoms with E-state index in [0.717, 1.165) is 26.8 Å². The lowest BCUT2D eigenvalue weighted by Gasteiger charge is -2.21. The van der Waals surface area contributed by atoms with Crippen molar-refractivity contribution in [2.45, 2.75) is 4.90 Å². The van der Waals surface area contributed by atoms with Gasteiger partial charge >= 0.3 is 0 Å². The van der Waals surface area contributed by atoms with Crippen molar-refractivity contribution >= 4 is 56.8 Å². The number of thioether (sulfide) groups is 1. The van der Waals surface area contributed by atoms with Crippen LogP contribution in [0.4, 0.5) is 5.13 Å². The van der Waals surface area contributed by atoms with E-state index in [9.17, 15) is 4.79 Å². The number of anilines is 1. The summed E-state index contributed by atoms with van der Waals surface area (Å²) in [4.78, 5) is 22.5. The van der Waals surface area contributed by atoms with Crippen molar-refractivity contribution < 1.29 is 4.79 Å². The fourth-order valence-corrected chi connectivity index (χ4v) is 4.15. The van der Waals surface area contributed by atoms with Crippen molar-refractivity contribution in [1.29, 1.82) is 0 Å². The van der Waals surface area contributed by atoms with E-state index < -0.39 is 0 Å². The van der Waals surface area contributed by atoms with Gasteiger partial charge in [-0.15, -0.1) is 24.2 Å². The van der Waals surface area contributed by atoms with Crippen LogP contribution in [-0.2, 0) is 4.79 Å². The summed E-state index contributed by atoms with van der Waals surface area (Å²) in [5.41, 5.74) is 0.945. The number of para-hydroxylation sites is 1. The zero-order chi connectivity index (χ0) is 17.6. The third-order valence-electron chi connectivity index (χ3n) is 3.69. The number of amides is 1. The molecule has 1 aromatic heterocycles. The lowest BCUT2D eigenvalue weighted by Crippen LogP contribution is -2.37. The first-order valence-electron chi connectivity index (χ1n) is 8.12. The topological polar surface area (TPSA) is 36.4 Å². The second-order valence-electron chi connectivity index (χ2n) is 5.91. The predicted octanol–water partition coefficient (Wildman–Crippen LogP) is 4.41. The highest BCUT2D eigenvalue weighted by molar-refractivity contribution is 8.00. The van der Waals surface area contributed by atoms with Crippen molar-refractivity contribution in [3.8, 4) is 0 Å². The molecule has 1 heterocycles. The molecule has 1 amide bonds. The molecular formula is C19H22ClN3OS2. The monoisotopic (exact) mass is 407 g/mol. The molecular weight excluding hydrogens is 386 g/mol. The van der Waals surface area contributed by atoms with Gasteiger partial charge in [0, 0.05) is 18.0 Å². The zero-order valence-corrected chi connectivity index (χ0v) is 17.2. The minimum atomic E-state index is 0. The number of carbonyl (C=O) groups excluding carboxylic acids is 1. The van der Waals surface area contributed by atoms with Gasteiger partial charge in [0.15, 0.2) is 5.13 Å². The molecule has 0 aliphatic carbocycles. The number of aromatic nitrogens is 1. The Bertz CT molecular complexity index is 806. The quantitative estimate of drug-likeness (QED) is 0.544. The van der Waals surface area contributed by atoms with Crippen LogP contribution in [0.5, 0.6) is 0 Å². The van der Waals surface area contributed by atoms with Crippen LogP contribution >= 0.6 is 35.5 Å². The highest BCUT2D eigenvalue weighted by atomic mass is 35.5. The second-order valence-corrected chi connectivity index (χ2v) is 7.97. The Balaban J connectivity index is 0.00000243. The number of halogens is 1. The highest BCUT2D eigenvalue weighted by Gasteiger charge is 2.20. The number of likely N-dealkylation sites (N-methyl/N-ethyl adjacent to an activating group) is 1. The Hall–Kier alpha value is -1.60. The Kier molecular flexibility index (Phi) is 7.90. The van der Waals surface area contributed by atoms with Gasteiger partial charge in [0.2, 0.25) is 5.91 Å². The minimum Gasteiger partial charge on any atom is -0.308 e. The molecule has 3 rings (SSSR count). The number of fused-ring (bicyclic) bond motifs is 1. The number of hydrogen-bond acceptors (Lipinski definition) is 5. The summed E-state index contributed by atoms with van der Waals surface area (Å²) < 4.78 is 1.11. The van der Waals surface area contributed by atoms with E-state index in [1.807, 2.05) is 73.6 Å². The lowest BCUT2D eigenvalue weighted by molar-refractivity contribution is -0.116. The molecule has 3 aromatic rings. The summed E-state index contributed by atoms with van der Waals surface area (Å²) in [5, 5.41) is 0.779. The average molecular weight is 408 g/mol. The molecule has 0 spiro atoms. The third-order valence-corrected chi connectivity index (χ3v) is 5.75. The number of carbonyl (C=O) groups is 1. The molecule has 0 aliphatic heterocycles. The Morgan fingerprint density at radius 1 is 1.04 bits per heavy atom. The Labute approximate surface area is 168 Å². The van der Waals surface area contributed by atoms with Crippen LogP contribution in [0.3, 0.4) is 0 Å². The molecule has 0 N–H and O–H groups in total. The van der Waals surface area contributed by atoms with Gasteiger partial charge in [-0.25, -0.2) is 4.98 Å².